The molecule has 1 aromatic carbocycles. The van der Waals surface area contributed by atoms with Gasteiger partial charge in [-0.05, 0) is 40.2 Å². The van der Waals surface area contributed by atoms with Gasteiger partial charge in [0.1, 0.15) is 0 Å². The number of likely N-dealkylation sites (N-methyl/N-ethyl adjacent to an activating group) is 2. The molecule has 0 fully saturated rings. The first-order valence-electron chi connectivity index (χ1n) is 6.30. The smallest absolute Gasteiger partial charge is 0.242 e. The van der Waals surface area contributed by atoms with Crippen LogP contribution in [0.25, 0.3) is 0 Å². The molecule has 20 heavy (non-hydrogen) atoms. The number of nitrogens with zero attached hydrogens (tertiary/aromatic N) is 2. The molecule has 0 aliphatic rings. The molecular weight excluding hydrogens is 336 g/mol. The van der Waals surface area contributed by atoms with Crippen LogP contribution in [0, 0.1) is 0 Å². The lowest BCUT2D eigenvalue weighted by molar-refractivity contribution is -0.128. The summed E-state index contributed by atoms with van der Waals surface area (Å²) >= 11 is 5.09. The maximum atomic E-state index is 12.2. The van der Waals surface area contributed by atoms with Crippen LogP contribution in [-0.4, -0.2) is 31.4 Å². The molecule has 0 aliphatic heterocycles. The normalized spacial score (nSPS) is 10.3. The van der Waals surface area contributed by atoms with E-state index in [4.69, 9.17) is 0 Å². The molecule has 0 N–H and O–H groups in total. The van der Waals surface area contributed by atoms with Gasteiger partial charge in [0.15, 0.2) is 0 Å². The van der Waals surface area contributed by atoms with Crippen molar-refractivity contribution < 1.29 is 4.79 Å². The highest BCUT2D eigenvalue weighted by Crippen LogP contribution is 2.23. The van der Waals surface area contributed by atoms with E-state index in [0.717, 1.165) is 9.47 Å². The summed E-state index contributed by atoms with van der Waals surface area (Å²) in [7, 11) is 3.78. The second-order valence-electron chi connectivity index (χ2n) is 4.65. The Kier molecular flexibility index (Phi) is 5.20. The molecule has 0 aliphatic carbocycles. The van der Waals surface area contributed by atoms with Gasteiger partial charge in [0, 0.05) is 24.7 Å². The third-order valence-corrected chi connectivity index (χ3v) is 4.63. The van der Waals surface area contributed by atoms with Crippen molar-refractivity contribution in [1.29, 1.82) is 0 Å². The number of thiophene rings is 1. The molecule has 5 heteroatoms. The van der Waals surface area contributed by atoms with E-state index >= 15 is 0 Å². The van der Waals surface area contributed by atoms with E-state index in [1.54, 1.807) is 16.2 Å². The summed E-state index contributed by atoms with van der Waals surface area (Å²) in [5, 5.41) is 0. The fraction of sp³-hybridized carbons (Fsp3) is 0.267. The molecule has 2 rings (SSSR count). The third-order valence-electron chi connectivity index (χ3n) is 3.02. The Morgan fingerprint density at radius 2 is 1.85 bits per heavy atom. The Bertz CT molecular complexity index is 570. The average molecular weight is 353 g/mol. The molecule has 0 spiro atoms. The van der Waals surface area contributed by atoms with Crippen LogP contribution < -0.4 is 4.90 Å². The summed E-state index contributed by atoms with van der Waals surface area (Å²) in [6.07, 6.45) is 0. The molecule has 0 bridgehead atoms. The van der Waals surface area contributed by atoms with Gasteiger partial charge in [-0.25, -0.2) is 0 Å². The van der Waals surface area contributed by atoms with E-state index in [1.165, 1.54) is 4.88 Å². The van der Waals surface area contributed by atoms with Gasteiger partial charge in [-0.15, -0.1) is 11.3 Å². The maximum Gasteiger partial charge on any atom is 0.242 e. The summed E-state index contributed by atoms with van der Waals surface area (Å²) in [5.74, 6) is 0.112. The minimum atomic E-state index is 0.112. The molecular formula is C15H17BrN2OS. The predicted molar refractivity (Wildman–Crippen MR) is 88.2 cm³/mol. The second kappa shape index (κ2) is 6.90. The quantitative estimate of drug-likeness (QED) is 0.820. The van der Waals surface area contributed by atoms with Crippen LogP contribution in [0.15, 0.2) is 46.3 Å². The van der Waals surface area contributed by atoms with E-state index < -0.39 is 0 Å². The molecule has 0 saturated heterocycles. The number of carbonyl (C=O) groups excluding carboxylic acids is 1. The lowest BCUT2D eigenvalue weighted by Crippen LogP contribution is -2.36. The highest BCUT2D eigenvalue weighted by atomic mass is 79.9. The van der Waals surface area contributed by atoms with Gasteiger partial charge < -0.3 is 9.80 Å². The van der Waals surface area contributed by atoms with E-state index in [1.807, 2.05) is 61.5 Å². The number of halogens is 1. The van der Waals surface area contributed by atoms with Crippen LogP contribution in [0.5, 0.6) is 0 Å². The van der Waals surface area contributed by atoms with E-state index in [-0.39, 0.29) is 5.91 Å². The molecule has 1 amide bonds. The van der Waals surface area contributed by atoms with E-state index in [9.17, 15) is 4.79 Å². The lowest BCUT2D eigenvalue weighted by Gasteiger charge is -2.23. The predicted octanol–water partition coefficient (Wildman–Crippen LogP) is 3.61. The van der Waals surface area contributed by atoms with Crippen molar-refractivity contribution in [3.8, 4) is 0 Å². The fourth-order valence-electron chi connectivity index (χ4n) is 1.86. The highest BCUT2D eigenvalue weighted by Gasteiger charge is 2.13. The molecule has 106 valence electrons. The minimum absolute atomic E-state index is 0.112. The number of para-hydroxylation sites is 1. The van der Waals surface area contributed by atoms with Crippen LogP contribution in [-0.2, 0) is 11.3 Å². The third kappa shape index (κ3) is 4.08. The molecule has 2 aromatic rings. The summed E-state index contributed by atoms with van der Waals surface area (Å²) in [4.78, 5) is 17.1. The molecule has 0 unspecified atom stereocenters. The Balaban J connectivity index is 1.91. The first kappa shape index (κ1) is 15.1. The Labute approximate surface area is 132 Å². The average Bonchev–Trinajstić information content (AvgIpc) is 2.85. The number of hydrogen-bond donors (Lipinski definition) is 0. The SMILES string of the molecule is CN(Cc1ccc(Br)s1)C(=O)CN(C)c1ccccc1. The first-order chi connectivity index (χ1) is 9.56. The summed E-state index contributed by atoms with van der Waals surface area (Å²) in [6, 6.07) is 14.0. The number of carbonyl (C=O) groups is 1. The molecule has 0 atom stereocenters. The monoisotopic (exact) mass is 352 g/mol. The summed E-state index contributed by atoms with van der Waals surface area (Å²) in [6.45, 7) is 1.03. The zero-order valence-corrected chi connectivity index (χ0v) is 13.9. The number of rotatable bonds is 5. The minimum Gasteiger partial charge on any atom is -0.365 e. The van der Waals surface area contributed by atoms with Gasteiger partial charge in [0.25, 0.3) is 0 Å². The molecule has 0 saturated carbocycles. The van der Waals surface area contributed by atoms with Gasteiger partial charge in [0.05, 0.1) is 16.9 Å². The van der Waals surface area contributed by atoms with Gasteiger partial charge in [-0.1, -0.05) is 18.2 Å². The van der Waals surface area contributed by atoms with Crippen molar-refractivity contribution in [1.82, 2.24) is 4.90 Å². The Hall–Kier alpha value is -1.33. The largest absolute Gasteiger partial charge is 0.365 e. The van der Waals surface area contributed by atoms with E-state index in [0.29, 0.717) is 13.1 Å². The zero-order chi connectivity index (χ0) is 14.5. The van der Waals surface area contributed by atoms with Crippen LogP contribution >= 0.6 is 27.3 Å². The summed E-state index contributed by atoms with van der Waals surface area (Å²) < 4.78 is 1.09. The van der Waals surface area contributed by atoms with Crippen molar-refractivity contribution in [3.63, 3.8) is 0 Å². The Morgan fingerprint density at radius 3 is 2.45 bits per heavy atom. The van der Waals surface area contributed by atoms with Gasteiger partial charge in [-0.3, -0.25) is 4.79 Å². The highest BCUT2D eigenvalue weighted by molar-refractivity contribution is 9.11. The van der Waals surface area contributed by atoms with Gasteiger partial charge in [0.2, 0.25) is 5.91 Å². The first-order valence-corrected chi connectivity index (χ1v) is 7.91. The molecule has 3 nitrogen and oxygen atoms in total. The fourth-order valence-corrected chi connectivity index (χ4v) is 3.39. The van der Waals surface area contributed by atoms with Crippen LogP contribution in [0.3, 0.4) is 0 Å². The van der Waals surface area contributed by atoms with Crippen LogP contribution in [0.4, 0.5) is 5.69 Å². The second-order valence-corrected chi connectivity index (χ2v) is 7.19. The van der Waals surface area contributed by atoms with E-state index in [2.05, 4.69) is 15.9 Å². The topological polar surface area (TPSA) is 23.6 Å². The van der Waals surface area contributed by atoms with Crippen LogP contribution in [0.1, 0.15) is 4.88 Å². The van der Waals surface area contributed by atoms with Crippen molar-refractivity contribution in [2.24, 2.45) is 0 Å². The standard InChI is InChI=1S/C15H17BrN2OS/c1-17(12-6-4-3-5-7-12)11-15(19)18(2)10-13-8-9-14(16)20-13/h3-9H,10-11H2,1-2H3. The van der Waals surface area contributed by atoms with Crippen molar-refractivity contribution >= 4 is 38.9 Å². The Morgan fingerprint density at radius 1 is 1.15 bits per heavy atom. The number of amides is 1. The zero-order valence-electron chi connectivity index (χ0n) is 11.5. The number of benzene rings is 1. The van der Waals surface area contributed by atoms with Crippen molar-refractivity contribution in [2.45, 2.75) is 6.54 Å². The number of anilines is 1. The van der Waals surface area contributed by atoms with Crippen molar-refractivity contribution in [3.05, 3.63) is 51.1 Å². The molecule has 1 aromatic heterocycles. The maximum absolute atomic E-state index is 12.2. The molecule has 0 radical (unpaired) electrons. The van der Waals surface area contributed by atoms with Crippen molar-refractivity contribution in [2.75, 3.05) is 25.5 Å². The number of hydrogen-bond acceptors (Lipinski definition) is 3. The lowest BCUT2D eigenvalue weighted by atomic mass is 10.3. The summed E-state index contributed by atoms with van der Waals surface area (Å²) in [5.41, 5.74) is 1.05. The van der Waals surface area contributed by atoms with Gasteiger partial charge in [-0.2, -0.15) is 0 Å². The molecule has 1 heterocycles. The van der Waals surface area contributed by atoms with Crippen LogP contribution in [0.2, 0.25) is 0 Å². The van der Waals surface area contributed by atoms with Gasteiger partial charge >= 0.3 is 0 Å².